The first kappa shape index (κ1) is 14.9. The molecule has 5 heteroatoms. The second kappa shape index (κ2) is 6.85. The Labute approximate surface area is 141 Å². The van der Waals surface area contributed by atoms with Crippen LogP contribution >= 0.6 is 27.3 Å². The molecule has 0 radical (unpaired) electrons. The van der Waals surface area contributed by atoms with E-state index < -0.39 is 0 Å². The van der Waals surface area contributed by atoms with E-state index in [1.165, 1.54) is 11.3 Å². The number of aromatic nitrogens is 1. The highest BCUT2D eigenvalue weighted by molar-refractivity contribution is 9.11. The van der Waals surface area contributed by atoms with Gasteiger partial charge in [-0.1, -0.05) is 30.3 Å². The van der Waals surface area contributed by atoms with Crippen LogP contribution in [0.5, 0.6) is 0 Å². The summed E-state index contributed by atoms with van der Waals surface area (Å²) in [6, 6.07) is 17.3. The van der Waals surface area contributed by atoms with Gasteiger partial charge in [0.05, 0.1) is 14.7 Å². The summed E-state index contributed by atoms with van der Waals surface area (Å²) in [5.74, 6) is -0.0821. The van der Waals surface area contributed by atoms with Gasteiger partial charge < -0.3 is 5.32 Å². The maximum atomic E-state index is 12.5. The first-order chi connectivity index (χ1) is 10.7. The van der Waals surface area contributed by atoms with Gasteiger partial charge in [0.15, 0.2) is 0 Å². The standard InChI is InChI=1S/C17H13BrN2OS/c18-15-7-6-14(22-15)17(21)20-16(12-4-2-1-3-5-12)13-8-10-19-11-9-13/h1-11,16H,(H,20,21)/t16-/m0/s1. The summed E-state index contributed by atoms with van der Waals surface area (Å²) in [6.07, 6.45) is 3.47. The van der Waals surface area contributed by atoms with Crippen molar-refractivity contribution in [2.24, 2.45) is 0 Å². The van der Waals surface area contributed by atoms with E-state index in [1.807, 2.05) is 54.6 Å². The summed E-state index contributed by atoms with van der Waals surface area (Å²) in [6.45, 7) is 0. The largest absolute Gasteiger partial charge is 0.340 e. The van der Waals surface area contributed by atoms with Crippen LogP contribution < -0.4 is 5.32 Å². The van der Waals surface area contributed by atoms with E-state index in [1.54, 1.807) is 12.4 Å². The number of rotatable bonds is 4. The molecular weight excluding hydrogens is 360 g/mol. The molecule has 22 heavy (non-hydrogen) atoms. The second-order valence-electron chi connectivity index (χ2n) is 4.70. The van der Waals surface area contributed by atoms with Crippen LogP contribution in [0.3, 0.4) is 0 Å². The first-order valence-corrected chi connectivity index (χ1v) is 8.36. The molecular formula is C17H13BrN2OS. The molecule has 1 amide bonds. The lowest BCUT2D eigenvalue weighted by Crippen LogP contribution is -2.28. The van der Waals surface area contributed by atoms with Crippen molar-refractivity contribution < 1.29 is 4.79 Å². The van der Waals surface area contributed by atoms with E-state index in [0.717, 1.165) is 14.9 Å². The maximum Gasteiger partial charge on any atom is 0.262 e. The van der Waals surface area contributed by atoms with E-state index in [0.29, 0.717) is 4.88 Å². The third-order valence-corrected chi connectivity index (χ3v) is 4.87. The third-order valence-electron chi connectivity index (χ3n) is 3.24. The van der Waals surface area contributed by atoms with Gasteiger partial charge >= 0.3 is 0 Å². The van der Waals surface area contributed by atoms with Crippen LogP contribution in [0.2, 0.25) is 0 Å². The Morgan fingerprint density at radius 1 is 1.00 bits per heavy atom. The molecule has 1 atom stereocenters. The Bertz CT molecular complexity index is 719. The molecule has 0 aliphatic carbocycles. The molecule has 0 spiro atoms. The minimum atomic E-state index is -0.197. The number of hydrogen-bond donors (Lipinski definition) is 1. The van der Waals surface area contributed by atoms with Crippen LogP contribution in [0, 0.1) is 0 Å². The van der Waals surface area contributed by atoms with E-state index >= 15 is 0 Å². The molecule has 3 rings (SSSR count). The van der Waals surface area contributed by atoms with Crippen molar-refractivity contribution in [2.75, 3.05) is 0 Å². The zero-order valence-electron chi connectivity index (χ0n) is 11.6. The van der Waals surface area contributed by atoms with Crippen LogP contribution in [0.1, 0.15) is 26.8 Å². The van der Waals surface area contributed by atoms with Gasteiger partial charge in [-0.3, -0.25) is 9.78 Å². The fraction of sp³-hybridized carbons (Fsp3) is 0.0588. The van der Waals surface area contributed by atoms with Crippen LogP contribution in [0.25, 0.3) is 0 Å². The van der Waals surface area contributed by atoms with E-state index in [2.05, 4.69) is 26.2 Å². The van der Waals surface area contributed by atoms with Gasteiger partial charge in [0.1, 0.15) is 0 Å². The summed E-state index contributed by atoms with van der Waals surface area (Å²) in [7, 11) is 0. The molecule has 2 aromatic heterocycles. The number of carbonyl (C=O) groups excluding carboxylic acids is 1. The average Bonchev–Trinajstić information content (AvgIpc) is 3.01. The highest BCUT2D eigenvalue weighted by atomic mass is 79.9. The predicted octanol–water partition coefficient (Wildman–Crippen LogP) is 4.43. The van der Waals surface area contributed by atoms with Gasteiger partial charge in [0.25, 0.3) is 5.91 Å². The average molecular weight is 373 g/mol. The van der Waals surface area contributed by atoms with Crippen molar-refractivity contribution in [1.29, 1.82) is 0 Å². The molecule has 0 aliphatic rings. The number of amides is 1. The number of halogens is 1. The molecule has 0 saturated carbocycles. The summed E-state index contributed by atoms with van der Waals surface area (Å²) in [4.78, 5) is 17.2. The fourth-order valence-electron chi connectivity index (χ4n) is 2.20. The van der Waals surface area contributed by atoms with Crippen molar-refractivity contribution in [2.45, 2.75) is 6.04 Å². The lowest BCUT2D eigenvalue weighted by Gasteiger charge is -2.19. The fourth-order valence-corrected chi connectivity index (χ4v) is 3.49. The van der Waals surface area contributed by atoms with E-state index in [4.69, 9.17) is 0 Å². The first-order valence-electron chi connectivity index (χ1n) is 6.75. The van der Waals surface area contributed by atoms with Gasteiger partial charge in [0.2, 0.25) is 0 Å². The number of nitrogens with one attached hydrogen (secondary N) is 1. The second-order valence-corrected chi connectivity index (χ2v) is 7.16. The number of benzene rings is 1. The molecule has 0 saturated heterocycles. The van der Waals surface area contributed by atoms with Crippen LogP contribution in [-0.4, -0.2) is 10.9 Å². The number of carbonyl (C=O) groups is 1. The zero-order chi connectivity index (χ0) is 15.4. The Morgan fingerprint density at radius 3 is 2.32 bits per heavy atom. The maximum absolute atomic E-state index is 12.5. The molecule has 3 nitrogen and oxygen atoms in total. The third kappa shape index (κ3) is 3.43. The van der Waals surface area contributed by atoms with Gasteiger partial charge in [0, 0.05) is 12.4 Å². The van der Waals surface area contributed by atoms with Gasteiger partial charge in [-0.05, 0) is 51.3 Å². The lowest BCUT2D eigenvalue weighted by molar-refractivity contribution is 0.0947. The van der Waals surface area contributed by atoms with Crippen molar-refractivity contribution in [3.05, 3.63) is 86.8 Å². The minimum absolute atomic E-state index is 0.0821. The number of hydrogen-bond acceptors (Lipinski definition) is 3. The van der Waals surface area contributed by atoms with Gasteiger partial charge in [-0.15, -0.1) is 11.3 Å². The number of thiophene rings is 1. The Kier molecular flexibility index (Phi) is 4.65. The molecule has 0 aliphatic heterocycles. The van der Waals surface area contributed by atoms with Crippen molar-refractivity contribution in [3.63, 3.8) is 0 Å². The molecule has 0 bridgehead atoms. The van der Waals surface area contributed by atoms with Gasteiger partial charge in [-0.2, -0.15) is 0 Å². The predicted molar refractivity (Wildman–Crippen MR) is 92.0 cm³/mol. The van der Waals surface area contributed by atoms with Gasteiger partial charge in [-0.25, -0.2) is 0 Å². The number of pyridine rings is 1. The molecule has 0 unspecified atom stereocenters. The molecule has 1 N–H and O–H groups in total. The summed E-state index contributed by atoms with van der Waals surface area (Å²) in [5.41, 5.74) is 2.04. The van der Waals surface area contributed by atoms with E-state index in [-0.39, 0.29) is 11.9 Å². The van der Waals surface area contributed by atoms with Crippen LogP contribution in [-0.2, 0) is 0 Å². The summed E-state index contributed by atoms with van der Waals surface area (Å²) in [5, 5.41) is 3.10. The monoisotopic (exact) mass is 372 g/mol. The van der Waals surface area contributed by atoms with Crippen LogP contribution in [0.4, 0.5) is 0 Å². The normalized spacial score (nSPS) is 11.9. The molecule has 0 fully saturated rings. The van der Waals surface area contributed by atoms with Crippen LogP contribution in [0.15, 0.2) is 70.8 Å². The van der Waals surface area contributed by atoms with Crippen molar-refractivity contribution in [3.8, 4) is 0 Å². The number of nitrogens with zero attached hydrogens (tertiary/aromatic N) is 1. The quantitative estimate of drug-likeness (QED) is 0.736. The molecule has 2 heterocycles. The van der Waals surface area contributed by atoms with E-state index in [9.17, 15) is 4.79 Å². The summed E-state index contributed by atoms with van der Waals surface area (Å²) < 4.78 is 0.942. The smallest absolute Gasteiger partial charge is 0.262 e. The molecule has 1 aromatic carbocycles. The SMILES string of the molecule is O=C(N[C@@H](c1ccccc1)c1ccncc1)c1ccc(Br)s1. The Morgan fingerprint density at radius 2 is 1.68 bits per heavy atom. The Hall–Kier alpha value is -1.98. The zero-order valence-corrected chi connectivity index (χ0v) is 14.0. The summed E-state index contributed by atoms with van der Waals surface area (Å²) >= 11 is 4.81. The molecule has 3 aromatic rings. The highest BCUT2D eigenvalue weighted by Gasteiger charge is 2.18. The minimum Gasteiger partial charge on any atom is -0.340 e. The van der Waals surface area contributed by atoms with Crippen molar-refractivity contribution >= 4 is 33.2 Å². The Balaban J connectivity index is 1.91. The highest BCUT2D eigenvalue weighted by Crippen LogP contribution is 2.25. The molecule has 110 valence electrons. The topological polar surface area (TPSA) is 42.0 Å². The van der Waals surface area contributed by atoms with Crippen molar-refractivity contribution in [1.82, 2.24) is 10.3 Å². The lowest BCUT2D eigenvalue weighted by atomic mass is 9.99.